The summed E-state index contributed by atoms with van der Waals surface area (Å²) in [5, 5.41) is 8.69. The summed E-state index contributed by atoms with van der Waals surface area (Å²) in [6.07, 6.45) is 0. The van der Waals surface area contributed by atoms with Crippen molar-refractivity contribution in [2.45, 2.75) is 13.0 Å². The Morgan fingerprint density at radius 2 is 2.44 bits per heavy atom. The highest BCUT2D eigenvalue weighted by molar-refractivity contribution is 9.10. The second-order valence-electron chi connectivity index (χ2n) is 2.78. The van der Waals surface area contributed by atoms with E-state index in [4.69, 9.17) is 5.39 Å². The number of diazo groups is 1. The molecule has 1 aromatic heterocycles. The first-order valence-electron chi connectivity index (χ1n) is 4.43. The van der Waals surface area contributed by atoms with E-state index in [1.807, 2.05) is 0 Å². The number of rotatable bonds is 3. The van der Waals surface area contributed by atoms with E-state index in [1.165, 1.54) is 12.1 Å². The molecule has 84 valence electrons. The summed E-state index contributed by atoms with van der Waals surface area (Å²) in [5.41, 5.74) is -0.0124. The van der Waals surface area contributed by atoms with Crippen LogP contribution in [0.5, 0.6) is 0 Å². The van der Waals surface area contributed by atoms with E-state index in [2.05, 4.69) is 30.6 Å². The van der Waals surface area contributed by atoms with Gasteiger partial charge in [-0.05, 0) is 35.0 Å². The van der Waals surface area contributed by atoms with E-state index in [-0.39, 0.29) is 16.8 Å². The first-order chi connectivity index (χ1) is 7.60. The van der Waals surface area contributed by atoms with Crippen LogP contribution in [0.25, 0.3) is 4.98 Å². The molecular weight excluding hydrogens is 281 g/mol. The van der Waals surface area contributed by atoms with Gasteiger partial charge in [0.2, 0.25) is 11.3 Å². The van der Waals surface area contributed by atoms with Gasteiger partial charge in [-0.25, -0.2) is 9.78 Å². The van der Waals surface area contributed by atoms with Crippen molar-refractivity contribution in [1.29, 1.82) is 5.39 Å². The fraction of sp³-hybridized carbons (Fsp3) is 0.333. The van der Waals surface area contributed by atoms with Crippen LogP contribution in [0.2, 0.25) is 0 Å². The van der Waals surface area contributed by atoms with Crippen LogP contribution in [0.1, 0.15) is 18.7 Å². The Kier molecular flexibility index (Phi) is 4.31. The third kappa shape index (κ3) is 2.73. The quantitative estimate of drug-likeness (QED) is 0.487. The summed E-state index contributed by atoms with van der Waals surface area (Å²) in [5.74, 6) is -1.56. The molecule has 0 radical (unpaired) electrons. The van der Waals surface area contributed by atoms with Crippen LogP contribution in [0.4, 0.5) is 4.39 Å². The van der Waals surface area contributed by atoms with E-state index in [0.29, 0.717) is 0 Å². The summed E-state index contributed by atoms with van der Waals surface area (Å²) < 4.78 is 17.9. The summed E-state index contributed by atoms with van der Waals surface area (Å²) in [6.45, 7) is 1.76. The Balaban J connectivity index is 3.01. The minimum absolute atomic E-state index is 0.0124. The van der Waals surface area contributed by atoms with Gasteiger partial charge in [0.25, 0.3) is 0 Å². The SMILES string of the molecule is CCOC(=O)C([N+]#N)c1ccc(Br)c(F)n1. The molecule has 0 aromatic carbocycles. The smallest absolute Gasteiger partial charge is 0.449 e. The van der Waals surface area contributed by atoms with Crippen LogP contribution < -0.4 is 0 Å². The molecule has 0 aliphatic heterocycles. The average molecular weight is 289 g/mol. The monoisotopic (exact) mass is 288 g/mol. The van der Waals surface area contributed by atoms with Crippen molar-refractivity contribution in [2.75, 3.05) is 6.61 Å². The lowest BCUT2D eigenvalue weighted by Gasteiger charge is -2.00. The molecule has 5 nitrogen and oxygen atoms in total. The van der Waals surface area contributed by atoms with Crippen molar-refractivity contribution >= 4 is 21.9 Å². The summed E-state index contributed by atoms with van der Waals surface area (Å²) in [4.78, 5) is 17.6. The molecule has 7 heteroatoms. The van der Waals surface area contributed by atoms with Crippen LogP contribution in [0.15, 0.2) is 16.6 Å². The molecule has 1 rings (SSSR count). The highest BCUT2D eigenvalue weighted by Crippen LogP contribution is 2.21. The molecule has 0 amide bonds. The molecule has 0 fully saturated rings. The van der Waals surface area contributed by atoms with Crippen molar-refractivity contribution in [3.05, 3.63) is 33.2 Å². The highest BCUT2D eigenvalue weighted by atomic mass is 79.9. The lowest BCUT2D eigenvalue weighted by Crippen LogP contribution is -2.14. The number of esters is 1. The minimum Gasteiger partial charge on any atom is -0.460 e. The van der Waals surface area contributed by atoms with Gasteiger partial charge in [-0.15, -0.1) is 0 Å². The zero-order chi connectivity index (χ0) is 12.1. The van der Waals surface area contributed by atoms with E-state index in [9.17, 15) is 9.18 Å². The lowest BCUT2D eigenvalue weighted by atomic mass is 10.2. The van der Waals surface area contributed by atoms with Gasteiger partial charge in [-0.2, -0.15) is 4.39 Å². The Labute approximate surface area is 99.4 Å². The maximum absolute atomic E-state index is 13.1. The number of carbonyl (C=O) groups is 1. The number of hydrogen-bond acceptors (Lipinski definition) is 4. The number of aromatic nitrogens is 1. The van der Waals surface area contributed by atoms with Crippen LogP contribution in [0.3, 0.4) is 0 Å². The zero-order valence-electron chi connectivity index (χ0n) is 8.35. The molecule has 0 spiro atoms. The van der Waals surface area contributed by atoms with Crippen LogP contribution in [-0.4, -0.2) is 17.6 Å². The third-order valence-corrected chi connectivity index (χ3v) is 2.32. The summed E-state index contributed by atoms with van der Waals surface area (Å²) in [6, 6.07) is 1.42. The number of hydrogen-bond donors (Lipinski definition) is 0. The van der Waals surface area contributed by atoms with Gasteiger partial charge in [0.1, 0.15) is 10.7 Å². The van der Waals surface area contributed by atoms with Crippen LogP contribution in [0, 0.1) is 11.3 Å². The Hall–Kier alpha value is -1.55. The predicted octanol–water partition coefficient (Wildman–Crippen LogP) is 2.44. The van der Waals surface area contributed by atoms with Gasteiger partial charge in [0.15, 0.2) is 0 Å². The molecule has 0 aliphatic carbocycles. The largest absolute Gasteiger partial charge is 0.460 e. The topological polar surface area (TPSA) is 67.3 Å². The Bertz CT molecular complexity index is 447. The van der Waals surface area contributed by atoms with Crippen LogP contribution >= 0.6 is 15.9 Å². The van der Waals surface area contributed by atoms with E-state index < -0.39 is 18.0 Å². The lowest BCUT2D eigenvalue weighted by molar-refractivity contribution is -0.143. The average Bonchev–Trinajstić information content (AvgIpc) is 2.25. The van der Waals surface area contributed by atoms with Crippen molar-refractivity contribution in [1.82, 2.24) is 4.98 Å². The molecule has 1 unspecified atom stereocenters. The standard InChI is InChI=1S/C9H8BrFN3O2/c1-2-16-9(15)7(14-12)6-4-3-5(10)8(11)13-6/h3-4,7H,2H2,1H3/q+1. The number of nitrogens with zero attached hydrogens (tertiary/aromatic N) is 3. The van der Waals surface area contributed by atoms with Crippen molar-refractivity contribution in [3.8, 4) is 0 Å². The number of halogens is 2. The fourth-order valence-corrected chi connectivity index (χ4v) is 1.25. The Morgan fingerprint density at radius 3 is 2.94 bits per heavy atom. The van der Waals surface area contributed by atoms with Gasteiger partial charge >= 0.3 is 12.0 Å². The molecule has 0 aliphatic rings. The van der Waals surface area contributed by atoms with Gasteiger partial charge in [0.05, 0.1) is 11.1 Å². The number of ether oxygens (including phenoxy) is 1. The van der Waals surface area contributed by atoms with Crippen molar-refractivity contribution in [3.63, 3.8) is 0 Å². The normalized spacial score (nSPS) is 11.6. The Morgan fingerprint density at radius 1 is 1.75 bits per heavy atom. The third-order valence-electron chi connectivity index (χ3n) is 1.73. The first-order valence-corrected chi connectivity index (χ1v) is 5.22. The van der Waals surface area contributed by atoms with Gasteiger partial charge in [-0.3, -0.25) is 0 Å². The van der Waals surface area contributed by atoms with E-state index >= 15 is 0 Å². The van der Waals surface area contributed by atoms with Crippen LogP contribution in [-0.2, 0) is 9.53 Å². The maximum atomic E-state index is 13.1. The molecule has 1 atom stereocenters. The second kappa shape index (κ2) is 5.51. The highest BCUT2D eigenvalue weighted by Gasteiger charge is 2.36. The van der Waals surface area contributed by atoms with Gasteiger partial charge in [-0.1, -0.05) is 0 Å². The fourth-order valence-electron chi connectivity index (χ4n) is 1.03. The molecule has 16 heavy (non-hydrogen) atoms. The van der Waals surface area contributed by atoms with Gasteiger partial charge < -0.3 is 4.74 Å². The zero-order valence-corrected chi connectivity index (χ0v) is 9.94. The molecule has 0 bridgehead atoms. The molecular formula is C9H8BrFN3O2+. The van der Waals surface area contributed by atoms with E-state index in [0.717, 1.165) is 0 Å². The molecule has 0 saturated carbocycles. The van der Waals surface area contributed by atoms with Crippen molar-refractivity contribution < 1.29 is 13.9 Å². The minimum atomic E-state index is -1.32. The van der Waals surface area contributed by atoms with Crippen molar-refractivity contribution in [2.24, 2.45) is 0 Å². The second-order valence-corrected chi connectivity index (χ2v) is 3.63. The number of carbonyl (C=O) groups excluding carboxylic acids is 1. The molecule has 1 aromatic rings. The summed E-state index contributed by atoms with van der Waals surface area (Å²) >= 11 is 2.92. The first kappa shape index (κ1) is 12.5. The molecule has 0 N–H and O–H groups in total. The van der Waals surface area contributed by atoms with E-state index in [1.54, 1.807) is 6.92 Å². The maximum Gasteiger partial charge on any atom is 0.449 e. The predicted molar refractivity (Wildman–Crippen MR) is 56.4 cm³/mol. The van der Waals surface area contributed by atoms with Gasteiger partial charge in [0, 0.05) is 0 Å². The molecule has 1 heterocycles. The summed E-state index contributed by atoms with van der Waals surface area (Å²) in [7, 11) is 0. The number of pyridine rings is 1. The molecule has 0 saturated heterocycles.